The maximum Gasteiger partial charge on any atom is 0.336 e. The van der Waals surface area contributed by atoms with Crippen LogP contribution in [-0.2, 0) is 12.8 Å². The number of carbonyl (C=O) groups is 2. The Labute approximate surface area is 111 Å². The van der Waals surface area contributed by atoms with Crippen LogP contribution in [0.4, 0.5) is 0 Å². The first-order valence-electron chi connectivity index (χ1n) is 5.77. The summed E-state index contributed by atoms with van der Waals surface area (Å²) >= 11 is 0. The topological polar surface area (TPSA) is 74.6 Å². The molecule has 1 aromatic carbocycles. The van der Waals surface area contributed by atoms with Crippen molar-refractivity contribution in [1.82, 2.24) is 0 Å². The number of hydrogen-bond acceptors (Lipinski definition) is 2. The van der Waals surface area contributed by atoms with E-state index in [2.05, 4.69) is 13.2 Å². The predicted molar refractivity (Wildman–Crippen MR) is 72.9 cm³/mol. The molecule has 100 valence electrons. The Morgan fingerprint density at radius 2 is 1.74 bits per heavy atom. The van der Waals surface area contributed by atoms with Gasteiger partial charge in [-0.05, 0) is 42.5 Å². The Kier molecular flexibility index (Phi) is 4.64. The van der Waals surface area contributed by atoms with Gasteiger partial charge in [0.1, 0.15) is 0 Å². The summed E-state index contributed by atoms with van der Waals surface area (Å²) in [6, 6.07) is 1.41. The molecule has 4 heteroatoms. The number of allylic oxidation sites excluding steroid dienone is 2. The molecular formula is C15H16O4. The molecule has 1 rings (SSSR count). The number of carboxylic acids is 2. The van der Waals surface area contributed by atoms with Gasteiger partial charge in [0.2, 0.25) is 0 Å². The molecule has 2 N–H and O–H groups in total. The lowest BCUT2D eigenvalue weighted by atomic mass is 9.89. The minimum absolute atomic E-state index is 0.155. The Bertz CT molecular complexity index is 556. The first-order chi connectivity index (χ1) is 8.93. The van der Waals surface area contributed by atoms with Crippen molar-refractivity contribution in [2.24, 2.45) is 0 Å². The molecule has 0 aliphatic rings. The van der Waals surface area contributed by atoms with E-state index in [0.29, 0.717) is 18.4 Å². The third-order valence-corrected chi connectivity index (χ3v) is 2.98. The lowest BCUT2D eigenvalue weighted by molar-refractivity contribution is 0.0650. The van der Waals surface area contributed by atoms with Crippen LogP contribution in [-0.4, -0.2) is 22.2 Å². The predicted octanol–water partition coefficient (Wildman–Crippen LogP) is 2.85. The van der Waals surface area contributed by atoms with E-state index in [-0.39, 0.29) is 11.1 Å². The lowest BCUT2D eigenvalue weighted by Crippen LogP contribution is -2.14. The van der Waals surface area contributed by atoms with E-state index in [1.807, 2.05) is 0 Å². The van der Waals surface area contributed by atoms with Gasteiger partial charge in [0, 0.05) is 0 Å². The monoisotopic (exact) mass is 260 g/mol. The van der Waals surface area contributed by atoms with Gasteiger partial charge in [-0.25, -0.2) is 9.59 Å². The Morgan fingerprint density at radius 1 is 1.16 bits per heavy atom. The van der Waals surface area contributed by atoms with Crippen LogP contribution in [0.2, 0.25) is 0 Å². The SMILES string of the molecule is C=CCc1cc(C(=O)O)c(C(=O)O)c(CC=C)c1C. The first kappa shape index (κ1) is 14.7. The van der Waals surface area contributed by atoms with Crippen LogP contribution in [0, 0.1) is 6.92 Å². The van der Waals surface area contributed by atoms with Gasteiger partial charge in [-0.3, -0.25) is 0 Å². The van der Waals surface area contributed by atoms with Crippen LogP contribution in [0.1, 0.15) is 37.4 Å². The minimum atomic E-state index is -1.24. The van der Waals surface area contributed by atoms with Crippen molar-refractivity contribution < 1.29 is 19.8 Å². The molecule has 0 spiro atoms. The summed E-state index contributed by atoms with van der Waals surface area (Å²) in [5.74, 6) is -2.48. The number of aromatic carboxylic acids is 2. The van der Waals surface area contributed by atoms with Crippen LogP contribution >= 0.6 is 0 Å². The zero-order valence-electron chi connectivity index (χ0n) is 10.8. The molecule has 0 atom stereocenters. The van der Waals surface area contributed by atoms with Crippen molar-refractivity contribution in [3.05, 3.63) is 59.2 Å². The van der Waals surface area contributed by atoms with Crippen molar-refractivity contribution in [2.45, 2.75) is 19.8 Å². The van der Waals surface area contributed by atoms with E-state index in [1.165, 1.54) is 6.07 Å². The van der Waals surface area contributed by atoms with Gasteiger partial charge >= 0.3 is 11.9 Å². The second kappa shape index (κ2) is 6.00. The van der Waals surface area contributed by atoms with E-state index in [0.717, 1.165) is 11.1 Å². The van der Waals surface area contributed by atoms with Gasteiger partial charge in [0.05, 0.1) is 11.1 Å². The van der Waals surface area contributed by atoms with Crippen molar-refractivity contribution in [1.29, 1.82) is 0 Å². The van der Waals surface area contributed by atoms with E-state index >= 15 is 0 Å². The smallest absolute Gasteiger partial charge is 0.336 e. The van der Waals surface area contributed by atoms with Gasteiger partial charge < -0.3 is 10.2 Å². The Balaban J connectivity index is 3.71. The molecule has 0 aromatic heterocycles. The molecule has 0 aliphatic heterocycles. The quantitative estimate of drug-likeness (QED) is 0.771. The van der Waals surface area contributed by atoms with Gasteiger partial charge in [0.25, 0.3) is 0 Å². The van der Waals surface area contributed by atoms with Gasteiger partial charge in [0.15, 0.2) is 0 Å². The van der Waals surface area contributed by atoms with E-state index in [4.69, 9.17) is 0 Å². The fourth-order valence-corrected chi connectivity index (χ4v) is 2.08. The van der Waals surface area contributed by atoms with Crippen LogP contribution in [0.3, 0.4) is 0 Å². The number of carboxylic acid groups (broad SMARTS) is 2. The van der Waals surface area contributed by atoms with Crippen molar-refractivity contribution in [2.75, 3.05) is 0 Å². The van der Waals surface area contributed by atoms with Crippen LogP contribution in [0.15, 0.2) is 31.4 Å². The van der Waals surface area contributed by atoms with Crippen LogP contribution in [0.25, 0.3) is 0 Å². The summed E-state index contributed by atoms with van der Waals surface area (Å²) in [4.78, 5) is 22.6. The third kappa shape index (κ3) is 2.91. The normalized spacial score (nSPS) is 9.95. The molecule has 0 fully saturated rings. The standard InChI is InChI=1S/C15H16O4/c1-4-6-10-8-12(14(16)17)13(15(18)19)11(7-5-2)9(10)3/h4-5,8H,1-2,6-7H2,3H3,(H,16,17)(H,18,19). The number of benzene rings is 1. The fraction of sp³-hybridized carbons (Fsp3) is 0.200. The molecule has 0 unspecified atom stereocenters. The maximum absolute atomic E-state index is 11.3. The number of hydrogen-bond donors (Lipinski definition) is 2. The molecule has 0 bridgehead atoms. The summed E-state index contributed by atoms with van der Waals surface area (Å²) in [6.45, 7) is 9.00. The molecule has 0 heterocycles. The zero-order valence-corrected chi connectivity index (χ0v) is 10.8. The molecule has 0 radical (unpaired) electrons. The van der Waals surface area contributed by atoms with Crippen LogP contribution < -0.4 is 0 Å². The first-order valence-corrected chi connectivity index (χ1v) is 5.77. The number of rotatable bonds is 6. The largest absolute Gasteiger partial charge is 0.478 e. The Morgan fingerprint density at radius 3 is 2.16 bits per heavy atom. The molecule has 0 saturated carbocycles. The molecule has 0 aliphatic carbocycles. The average Bonchev–Trinajstić information content (AvgIpc) is 2.33. The summed E-state index contributed by atoms with van der Waals surface area (Å²) in [5, 5.41) is 18.4. The van der Waals surface area contributed by atoms with E-state index < -0.39 is 11.9 Å². The second-order valence-corrected chi connectivity index (χ2v) is 4.16. The highest BCUT2D eigenvalue weighted by molar-refractivity contribution is 6.03. The highest BCUT2D eigenvalue weighted by Crippen LogP contribution is 2.25. The molecule has 0 amide bonds. The highest BCUT2D eigenvalue weighted by Gasteiger charge is 2.23. The van der Waals surface area contributed by atoms with Crippen molar-refractivity contribution in [3.63, 3.8) is 0 Å². The second-order valence-electron chi connectivity index (χ2n) is 4.16. The fourth-order valence-electron chi connectivity index (χ4n) is 2.08. The highest BCUT2D eigenvalue weighted by atomic mass is 16.4. The summed E-state index contributed by atoms with van der Waals surface area (Å²) in [5.41, 5.74) is 1.71. The third-order valence-electron chi connectivity index (χ3n) is 2.98. The molecule has 0 saturated heterocycles. The lowest BCUT2D eigenvalue weighted by Gasteiger charge is -2.15. The Hall–Kier alpha value is -2.36. The molecule has 1 aromatic rings. The summed E-state index contributed by atoms with van der Waals surface area (Å²) in [6.07, 6.45) is 4.04. The van der Waals surface area contributed by atoms with Crippen molar-refractivity contribution in [3.8, 4) is 0 Å². The van der Waals surface area contributed by atoms with Gasteiger partial charge in [-0.2, -0.15) is 0 Å². The van der Waals surface area contributed by atoms with Crippen molar-refractivity contribution >= 4 is 11.9 Å². The van der Waals surface area contributed by atoms with Crippen LogP contribution in [0.5, 0.6) is 0 Å². The van der Waals surface area contributed by atoms with E-state index in [1.54, 1.807) is 19.1 Å². The maximum atomic E-state index is 11.3. The van der Waals surface area contributed by atoms with Gasteiger partial charge in [-0.1, -0.05) is 12.2 Å². The molecule has 4 nitrogen and oxygen atoms in total. The minimum Gasteiger partial charge on any atom is -0.478 e. The van der Waals surface area contributed by atoms with E-state index in [9.17, 15) is 19.8 Å². The summed E-state index contributed by atoms with van der Waals surface area (Å²) < 4.78 is 0. The van der Waals surface area contributed by atoms with Gasteiger partial charge in [-0.15, -0.1) is 13.2 Å². The zero-order chi connectivity index (χ0) is 14.6. The average molecular weight is 260 g/mol. The molecular weight excluding hydrogens is 244 g/mol. The molecule has 19 heavy (non-hydrogen) atoms. The summed E-state index contributed by atoms with van der Waals surface area (Å²) in [7, 11) is 0.